The summed E-state index contributed by atoms with van der Waals surface area (Å²) in [7, 11) is 0. The lowest BCUT2D eigenvalue weighted by Crippen LogP contribution is -2.32. The second kappa shape index (κ2) is 7.40. The molecule has 0 atom stereocenters. The van der Waals surface area contributed by atoms with Gasteiger partial charge >= 0.3 is 6.03 Å². The van der Waals surface area contributed by atoms with E-state index < -0.39 is 0 Å². The molecule has 6 nitrogen and oxygen atoms in total. The van der Waals surface area contributed by atoms with Crippen molar-refractivity contribution in [3.05, 3.63) is 47.2 Å². The Morgan fingerprint density at radius 1 is 1.00 bits per heavy atom. The molecule has 0 radical (unpaired) electrons. The molecule has 22 heavy (non-hydrogen) atoms. The lowest BCUT2D eigenvalue weighted by Gasteiger charge is -2.10. The number of nitrogens with zero attached hydrogens (tertiary/aromatic N) is 2. The van der Waals surface area contributed by atoms with Gasteiger partial charge in [-0.25, -0.2) is 4.79 Å². The number of rotatable bonds is 5. The molecule has 2 rings (SSSR count). The van der Waals surface area contributed by atoms with Crippen molar-refractivity contribution < 1.29 is 4.79 Å². The summed E-state index contributed by atoms with van der Waals surface area (Å²) in [5, 5.41) is 16.7. The van der Waals surface area contributed by atoms with Gasteiger partial charge in [-0.2, -0.15) is 5.10 Å². The molecule has 0 fully saturated rings. The van der Waals surface area contributed by atoms with Gasteiger partial charge in [-0.3, -0.25) is 0 Å². The van der Waals surface area contributed by atoms with Gasteiger partial charge in [-0.05, 0) is 56.2 Å². The SMILES string of the molecule is Cc1cc(C)cc(NC(=O)NCCNc2ccc(C)nn2)c1. The molecule has 0 aliphatic rings. The van der Waals surface area contributed by atoms with E-state index in [1.807, 2.05) is 45.0 Å². The Hall–Kier alpha value is -2.63. The van der Waals surface area contributed by atoms with E-state index in [1.165, 1.54) is 0 Å². The Kier molecular flexibility index (Phi) is 5.30. The summed E-state index contributed by atoms with van der Waals surface area (Å²) in [5.41, 5.74) is 3.91. The normalized spacial score (nSPS) is 10.1. The number of carbonyl (C=O) groups is 1. The fourth-order valence-electron chi connectivity index (χ4n) is 2.08. The molecule has 0 saturated heterocycles. The van der Waals surface area contributed by atoms with Gasteiger partial charge in [0, 0.05) is 18.8 Å². The number of amides is 2. The molecule has 3 N–H and O–H groups in total. The molecule has 0 saturated carbocycles. The van der Waals surface area contributed by atoms with E-state index in [-0.39, 0.29) is 6.03 Å². The van der Waals surface area contributed by atoms with Gasteiger partial charge in [0.1, 0.15) is 5.82 Å². The third-order valence-electron chi connectivity index (χ3n) is 2.99. The average molecular weight is 299 g/mol. The molecule has 1 heterocycles. The molecule has 6 heteroatoms. The molecule has 116 valence electrons. The van der Waals surface area contributed by atoms with Crippen LogP contribution < -0.4 is 16.0 Å². The third-order valence-corrected chi connectivity index (χ3v) is 2.99. The summed E-state index contributed by atoms with van der Waals surface area (Å²) in [5.74, 6) is 0.696. The maximum absolute atomic E-state index is 11.8. The average Bonchev–Trinajstić information content (AvgIpc) is 2.44. The number of hydrogen-bond acceptors (Lipinski definition) is 4. The van der Waals surface area contributed by atoms with Crippen LogP contribution in [-0.2, 0) is 0 Å². The van der Waals surface area contributed by atoms with Crippen LogP contribution in [0.3, 0.4) is 0 Å². The largest absolute Gasteiger partial charge is 0.367 e. The van der Waals surface area contributed by atoms with Gasteiger partial charge in [0.15, 0.2) is 0 Å². The number of aromatic nitrogens is 2. The maximum atomic E-state index is 11.8. The Labute approximate surface area is 130 Å². The third kappa shape index (κ3) is 5.05. The Morgan fingerprint density at radius 3 is 2.36 bits per heavy atom. The quantitative estimate of drug-likeness (QED) is 0.742. The molecule has 0 unspecified atom stereocenters. The maximum Gasteiger partial charge on any atom is 0.319 e. The highest BCUT2D eigenvalue weighted by Crippen LogP contribution is 2.13. The van der Waals surface area contributed by atoms with E-state index in [2.05, 4.69) is 32.2 Å². The standard InChI is InChI=1S/C16H21N5O/c1-11-8-12(2)10-14(9-11)19-16(22)18-7-6-17-15-5-4-13(3)20-21-15/h4-5,8-10H,6-7H2,1-3H3,(H,17,21)(H2,18,19,22). The van der Waals surface area contributed by atoms with Crippen LogP contribution in [0.25, 0.3) is 0 Å². The van der Waals surface area contributed by atoms with Gasteiger partial charge in [-0.15, -0.1) is 5.10 Å². The monoisotopic (exact) mass is 299 g/mol. The predicted molar refractivity (Wildman–Crippen MR) is 88.2 cm³/mol. The first-order valence-corrected chi connectivity index (χ1v) is 7.20. The van der Waals surface area contributed by atoms with Crippen molar-refractivity contribution in [1.29, 1.82) is 0 Å². The fraction of sp³-hybridized carbons (Fsp3) is 0.312. The van der Waals surface area contributed by atoms with Crippen molar-refractivity contribution in [2.24, 2.45) is 0 Å². The van der Waals surface area contributed by atoms with Crippen LogP contribution in [0.4, 0.5) is 16.3 Å². The minimum absolute atomic E-state index is 0.221. The highest BCUT2D eigenvalue weighted by atomic mass is 16.2. The van der Waals surface area contributed by atoms with Crippen LogP contribution in [0.1, 0.15) is 16.8 Å². The van der Waals surface area contributed by atoms with E-state index in [1.54, 1.807) is 0 Å². The van der Waals surface area contributed by atoms with Crippen LogP contribution in [-0.4, -0.2) is 29.3 Å². The summed E-state index contributed by atoms with van der Waals surface area (Å²) in [6.07, 6.45) is 0. The lowest BCUT2D eigenvalue weighted by molar-refractivity contribution is 0.252. The zero-order chi connectivity index (χ0) is 15.9. The molecule has 0 aliphatic carbocycles. The second-order valence-corrected chi connectivity index (χ2v) is 5.24. The molecule has 0 spiro atoms. The molecular formula is C16H21N5O. The van der Waals surface area contributed by atoms with Gasteiger partial charge in [0.25, 0.3) is 0 Å². The summed E-state index contributed by atoms with van der Waals surface area (Å²) >= 11 is 0. The van der Waals surface area contributed by atoms with Crippen LogP contribution >= 0.6 is 0 Å². The molecule has 0 aliphatic heterocycles. The van der Waals surface area contributed by atoms with E-state index >= 15 is 0 Å². The molecular weight excluding hydrogens is 278 g/mol. The summed E-state index contributed by atoms with van der Waals surface area (Å²) in [6.45, 7) is 6.96. The van der Waals surface area contributed by atoms with Crippen molar-refractivity contribution in [3.8, 4) is 0 Å². The first-order chi connectivity index (χ1) is 10.5. The number of nitrogens with one attached hydrogen (secondary N) is 3. The first kappa shape index (κ1) is 15.8. The zero-order valence-electron chi connectivity index (χ0n) is 13.1. The zero-order valence-corrected chi connectivity index (χ0v) is 13.1. The predicted octanol–water partition coefficient (Wildman–Crippen LogP) is 2.64. The summed E-state index contributed by atoms with van der Waals surface area (Å²) < 4.78 is 0. The van der Waals surface area contributed by atoms with Gasteiger partial charge in [0.05, 0.1) is 5.69 Å². The number of carbonyl (C=O) groups excluding carboxylic acids is 1. The van der Waals surface area contributed by atoms with E-state index in [4.69, 9.17) is 0 Å². The minimum atomic E-state index is -0.221. The molecule has 1 aromatic heterocycles. The van der Waals surface area contributed by atoms with Crippen molar-refractivity contribution in [2.45, 2.75) is 20.8 Å². The Morgan fingerprint density at radius 2 is 1.73 bits per heavy atom. The highest BCUT2D eigenvalue weighted by molar-refractivity contribution is 5.89. The number of hydrogen-bond donors (Lipinski definition) is 3. The molecule has 2 amide bonds. The number of aryl methyl sites for hydroxylation is 3. The van der Waals surface area contributed by atoms with Gasteiger partial charge in [0.2, 0.25) is 0 Å². The topological polar surface area (TPSA) is 78.9 Å². The first-order valence-electron chi connectivity index (χ1n) is 7.20. The number of anilines is 2. The summed E-state index contributed by atoms with van der Waals surface area (Å²) in [6, 6.07) is 9.46. The molecule has 0 bridgehead atoms. The van der Waals surface area contributed by atoms with E-state index in [0.29, 0.717) is 18.9 Å². The van der Waals surface area contributed by atoms with Crippen LogP contribution in [0.15, 0.2) is 30.3 Å². The second-order valence-electron chi connectivity index (χ2n) is 5.24. The van der Waals surface area contributed by atoms with Crippen molar-refractivity contribution in [1.82, 2.24) is 15.5 Å². The summed E-state index contributed by atoms with van der Waals surface area (Å²) in [4.78, 5) is 11.8. The number of urea groups is 1. The van der Waals surface area contributed by atoms with Crippen LogP contribution in [0.5, 0.6) is 0 Å². The van der Waals surface area contributed by atoms with Crippen LogP contribution in [0, 0.1) is 20.8 Å². The molecule has 2 aromatic rings. The van der Waals surface area contributed by atoms with E-state index in [0.717, 1.165) is 22.5 Å². The highest BCUT2D eigenvalue weighted by Gasteiger charge is 2.02. The van der Waals surface area contributed by atoms with Gasteiger partial charge < -0.3 is 16.0 Å². The fourth-order valence-corrected chi connectivity index (χ4v) is 2.08. The Balaban J connectivity index is 1.72. The Bertz CT molecular complexity index is 619. The minimum Gasteiger partial charge on any atom is -0.367 e. The van der Waals surface area contributed by atoms with Crippen LogP contribution in [0.2, 0.25) is 0 Å². The van der Waals surface area contributed by atoms with E-state index in [9.17, 15) is 4.79 Å². The molecule has 1 aromatic carbocycles. The smallest absolute Gasteiger partial charge is 0.319 e. The van der Waals surface area contributed by atoms with Gasteiger partial charge in [-0.1, -0.05) is 6.07 Å². The lowest BCUT2D eigenvalue weighted by atomic mass is 10.1. The van der Waals surface area contributed by atoms with Crippen molar-refractivity contribution >= 4 is 17.5 Å². The van der Waals surface area contributed by atoms with Crippen molar-refractivity contribution in [2.75, 3.05) is 23.7 Å². The number of benzene rings is 1. The van der Waals surface area contributed by atoms with Crippen molar-refractivity contribution in [3.63, 3.8) is 0 Å².